The molecule has 0 unspecified atom stereocenters. The molecule has 0 aromatic carbocycles. The quantitative estimate of drug-likeness (QED) is 0.606. The average molecular weight is 349 g/mol. The first-order valence-corrected chi connectivity index (χ1v) is 8.13. The lowest BCUT2D eigenvalue weighted by Crippen LogP contribution is -2.27. The second kappa shape index (κ2) is 6.93. The molecule has 0 radical (unpaired) electrons. The van der Waals surface area contributed by atoms with Crippen molar-refractivity contribution in [2.24, 2.45) is 0 Å². The molecule has 0 aliphatic carbocycles. The number of nitrogens with one attached hydrogen (secondary N) is 1. The Morgan fingerprint density at radius 3 is 2.81 bits per heavy atom. The van der Waals surface area contributed by atoms with Crippen molar-refractivity contribution in [2.75, 3.05) is 25.6 Å². The Labute approximate surface area is 112 Å². The fraction of sp³-hybridized carbons (Fsp3) is 0.500. The minimum Gasteiger partial charge on any atom is -0.379 e. The molecular weight excluding hydrogens is 338 g/mol. The first kappa shape index (κ1) is 14.4. The Hall–Kier alpha value is 0.340. The number of hydrogen-bond acceptors (Lipinski definition) is 4. The Bertz CT molecular complexity index is 421. The summed E-state index contributed by atoms with van der Waals surface area (Å²) in [6.07, 6.45) is 0. The topological polar surface area (TPSA) is 55.4 Å². The lowest BCUT2D eigenvalue weighted by atomic mass is 10.7. The first-order chi connectivity index (χ1) is 7.58. The van der Waals surface area contributed by atoms with E-state index in [0.29, 0.717) is 23.6 Å². The summed E-state index contributed by atoms with van der Waals surface area (Å²) in [5, 5.41) is 1.71. The largest absolute Gasteiger partial charge is 0.379 e. The summed E-state index contributed by atoms with van der Waals surface area (Å²) < 4.78 is 31.8. The van der Waals surface area contributed by atoms with Crippen molar-refractivity contribution in [3.63, 3.8) is 0 Å². The molecule has 1 aromatic heterocycles. The van der Waals surface area contributed by atoms with Gasteiger partial charge in [-0.2, -0.15) is 0 Å². The van der Waals surface area contributed by atoms with E-state index in [9.17, 15) is 8.42 Å². The van der Waals surface area contributed by atoms with Crippen LogP contribution in [0.2, 0.25) is 0 Å². The minimum absolute atomic E-state index is 0.240. The van der Waals surface area contributed by atoms with Gasteiger partial charge in [-0.3, -0.25) is 0 Å². The Balaban J connectivity index is 2.45. The van der Waals surface area contributed by atoms with Crippen molar-refractivity contribution < 1.29 is 13.2 Å². The molecule has 1 N–H and O–H groups in total. The van der Waals surface area contributed by atoms with Crippen LogP contribution in [0.25, 0.3) is 0 Å². The van der Waals surface area contributed by atoms with Gasteiger partial charge in [0.2, 0.25) is 0 Å². The number of halogens is 2. The van der Waals surface area contributed by atoms with Crippen molar-refractivity contribution in [3.05, 3.63) is 15.9 Å². The molecule has 0 atom stereocenters. The zero-order chi connectivity index (χ0) is 12.0. The molecule has 1 aromatic rings. The van der Waals surface area contributed by atoms with Crippen molar-refractivity contribution in [1.82, 2.24) is 4.72 Å². The summed E-state index contributed by atoms with van der Waals surface area (Å²) in [6, 6.07) is 1.70. The third-order valence-electron chi connectivity index (χ3n) is 1.59. The Kier molecular flexibility index (Phi) is 6.23. The molecule has 4 nitrogen and oxygen atoms in total. The summed E-state index contributed by atoms with van der Waals surface area (Å²) in [7, 11) is -3.43. The molecule has 1 heterocycles. The lowest BCUT2D eigenvalue weighted by molar-refractivity contribution is 0.155. The van der Waals surface area contributed by atoms with E-state index in [4.69, 9.17) is 16.3 Å². The Morgan fingerprint density at radius 2 is 2.25 bits per heavy atom. The van der Waals surface area contributed by atoms with Gasteiger partial charge in [-0.15, -0.1) is 22.9 Å². The number of alkyl halides is 1. The van der Waals surface area contributed by atoms with Crippen LogP contribution in [0.5, 0.6) is 0 Å². The molecule has 16 heavy (non-hydrogen) atoms. The number of sulfonamides is 1. The van der Waals surface area contributed by atoms with Gasteiger partial charge in [0.25, 0.3) is 10.0 Å². The van der Waals surface area contributed by atoms with Gasteiger partial charge in [0.1, 0.15) is 4.21 Å². The van der Waals surface area contributed by atoms with Gasteiger partial charge in [0, 0.05) is 16.9 Å². The molecule has 0 aliphatic rings. The zero-order valence-electron chi connectivity index (χ0n) is 8.28. The second-order valence-corrected chi connectivity index (χ2v) is 6.87. The monoisotopic (exact) mass is 347 g/mol. The highest BCUT2D eigenvalue weighted by molar-refractivity contribution is 9.10. The van der Waals surface area contributed by atoms with Crippen LogP contribution < -0.4 is 4.72 Å². The maximum atomic E-state index is 11.7. The van der Waals surface area contributed by atoms with Crippen molar-refractivity contribution in [1.29, 1.82) is 0 Å². The van der Waals surface area contributed by atoms with E-state index in [1.165, 1.54) is 11.3 Å². The molecule has 0 saturated carbocycles. The fourth-order valence-electron chi connectivity index (χ4n) is 0.942. The van der Waals surface area contributed by atoms with E-state index in [-0.39, 0.29) is 10.8 Å². The molecule has 1 rings (SSSR count). The molecule has 92 valence electrons. The molecule has 0 fully saturated rings. The highest BCUT2D eigenvalue weighted by Gasteiger charge is 2.18. The maximum absolute atomic E-state index is 11.7. The number of ether oxygens (including phenoxy) is 1. The van der Waals surface area contributed by atoms with E-state index in [0.717, 1.165) is 0 Å². The normalized spacial score (nSPS) is 11.9. The van der Waals surface area contributed by atoms with Crippen molar-refractivity contribution >= 4 is 48.9 Å². The minimum atomic E-state index is -3.43. The average Bonchev–Trinajstić information content (AvgIpc) is 2.65. The summed E-state index contributed by atoms with van der Waals surface area (Å²) in [5.41, 5.74) is 0. The highest BCUT2D eigenvalue weighted by atomic mass is 79.9. The van der Waals surface area contributed by atoms with Crippen LogP contribution in [0.4, 0.5) is 0 Å². The molecule has 0 amide bonds. The molecule has 8 heteroatoms. The SMILES string of the molecule is O=S(=O)(NCCOCCCl)c1sccc1Br. The lowest BCUT2D eigenvalue weighted by Gasteiger charge is -2.05. The number of thiophene rings is 1. The van der Waals surface area contributed by atoms with Gasteiger partial charge in [-0.25, -0.2) is 13.1 Å². The predicted molar refractivity (Wildman–Crippen MR) is 68.7 cm³/mol. The van der Waals surface area contributed by atoms with Gasteiger partial charge < -0.3 is 4.74 Å². The smallest absolute Gasteiger partial charge is 0.251 e. The second-order valence-electron chi connectivity index (χ2n) is 2.76. The Morgan fingerprint density at radius 1 is 1.50 bits per heavy atom. The van der Waals surface area contributed by atoms with Gasteiger partial charge >= 0.3 is 0 Å². The molecular formula is C8H11BrClNO3S2. The van der Waals surface area contributed by atoms with Crippen molar-refractivity contribution in [2.45, 2.75) is 4.21 Å². The third-order valence-corrected chi connectivity index (χ3v) is 5.87. The van der Waals surface area contributed by atoms with E-state index in [1.807, 2.05) is 0 Å². The van der Waals surface area contributed by atoms with Crippen LogP contribution in [0.3, 0.4) is 0 Å². The van der Waals surface area contributed by atoms with Crippen LogP contribution in [0.1, 0.15) is 0 Å². The van der Waals surface area contributed by atoms with Gasteiger partial charge in [0.15, 0.2) is 0 Å². The zero-order valence-corrected chi connectivity index (χ0v) is 12.3. The molecule has 0 saturated heterocycles. The van der Waals surface area contributed by atoms with Crippen LogP contribution in [0.15, 0.2) is 20.1 Å². The van der Waals surface area contributed by atoms with Gasteiger partial charge in [-0.05, 0) is 27.4 Å². The summed E-state index contributed by atoms with van der Waals surface area (Å²) in [5.74, 6) is 0.406. The van der Waals surface area contributed by atoms with Gasteiger partial charge in [-0.1, -0.05) is 0 Å². The number of rotatable bonds is 7. The summed E-state index contributed by atoms with van der Waals surface area (Å²) in [6.45, 7) is 0.977. The molecule has 0 aliphatic heterocycles. The predicted octanol–water partition coefficient (Wildman–Crippen LogP) is 2.04. The van der Waals surface area contributed by atoms with E-state index < -0.39 is 10.0 Å². The third kappa shape index (κ3) is 4.31. The van der Waals surface area contributed by atoms with Crippen LogP contribution >= 0.6 is 38.9 Å². The van der Waals surface area contributed by atoms with E-state index in [1.54, 1.807) is 11.4 Å². The number of hydrogen-bond donors (Lipinski definition) is 1. The standard InChI is InChI=1S/C8H11BrClNO3S2/c9-7-1-6-15-8(7)16(12,13)11-3-5-14-4-2-10/h1,6,11H,2-5H2. The van der Waals surface area contributed by atoms with Crippen molar-refractivity contribution in [3.8, 4) is 0 Å². The van der Waals surface area contributed by atoms with E-state index >= 15 is 0 Å². The fourth-order valence-corrected chi connectivity index (χ4v) is 4.44. The summed E-state index contributed by atoms with van der Waals surface area (Å²) >= 11 is 9.75. The first-order valence-electron chi connectivity index (χ1n) is 4.44. The molecule has 0 spiro atoms. The van der Waals surface area contributed by atoms with Crippen LogP contribution in [0, 0.1) is 0 Å². The van der Waals surface area contributed by atoms with Gasteiger partial charge in [0.05, 0.1) is 13.2 Å². The maximum Gasteiger partial charge on any atom is 0.251 e. The van der Waals surface area contributed by atoms with E-state index in [2.05, 4.69) is 20.7 Å². The molecule has 0 bridgehead atoms. The van der Waals surface area contributed by atoms with Crippen LogP contribution in [-0.2, 0) is 14.8 Å². The summed E-state index contributed by atoms with van der Waals surface area (Å²) in [4.78, 5) is 0. The highest BCUT2D eigenvalue weighted by Crippen LogP contribution is 2.26. The van der Waals surface area contributed by atoms with Crippen LogP contribution in [-0.4, -0.2) is 34.1 Å².